The fraction of sp³-hybridized carbons (Fsp3) is 0.185. The monoisotopic (exact) mass is 475 g/mol. The predicted molar refractivity (Wildman–Crippen MR) is 136 cm³/mol. The van der Waals surface area contributed by atoms with E-state index < -0.39 is 18.1 Å². The Morgan fingerprint density at radius 1 is 0.971 bits per heavy atom. The van der Waals surface area contributed by atoms with Crippen molar-refractivity contribution in [2.24, 2.45) is 5.92 Å². The van der Waals surface area contributed by atoms with Gasteiger partial charge in [0.15, 0.2) is 0 Å². The van der Waals surface area contributed by atoms with Gasteiger partial charge in [-0.2, -0.15) is 0 Å². The molecule has 0 bridgehead atoms. The molecule has 0 aliphatic rings. The lowest BCUT2D eigenvalue weighted by atomic mass is 9.95. The number of rotatable bonds is 10. The van der Waals surface area contributed by atoms with Crippen molar-refractivity contribution < 1.29 is 24.2 Å². The van der Waals surface area contributed by atoms with Gasteiger partial charge in [0.1, 0.15) is 18.5 Å². The van der Waals surface area contributed by atoms with E-state index in [9.17, 15) is 14.7 Å². The van der Waals surface area contributed by atoms with E-state index in [1.165, 1.54) is 6.08 Å². The number of aliphatic hydroxyl groups is 1. The van der Waals surface area contributed by atoms with Gasteiger partial charge < -0.3 is 25.6 Å². The first kappa shape index (κ1) is 25.3. The van der Waals surface area contributed by atoms with Crippen LogP contribution in [0.5, 0.6) is 5.75 Å². The summed E-state index contributed by atoms with van der Waals surface area (Å²) < 4.78 is 11.5. The number of ether oxygens (including phenoxy) is 2. The summed E-state index contributed by atoms with van der Waals surface area (Å²) in [5, 5.41) is 14.6. The molecule has 0 aromatic heterocycles. The van der Waals surface area contributed by atoms with E-state index in [0.29, 0.717) is 28.4 Å². The fourth-order valence-corrected chi connectivity index (χ4v) is 3.37. The Balaban J connectivity index is 1.80. The third kappa shape index (κ3) is 7.62. The van der Waals surface area contributed by atoms with Crippen molar-refractivity contribution in [2.45, 2.75) is 13.0 Å². The van der Waals surface area contributed by atoms with Crippen molar-refractivity contribution in [3.8, 4) is 5.75 Å². The summed E-state index contributed by atoms with van der Waals surface area (Å²) in [4.78, 5) is 25.2. The molecule has 35 heavy (non-hydrogen) atoms. The maximum absolute atomic E-state index is 12.7. The van der Waals surface area contributed by atoms with Gasteiger partial charge in [0, 0.05) is 17.2 Å². The summed E-state index contributed by atoms with van der Waals surface area (Å²) in [7, 11) is 0. The predicted octanol–water partition coefficient (Wildman–Crippen LogP) is 4.76. The first-order chi connectivity index (χ1) is 17.0. The third-order valence-electron chi connectivity index (χ3n) is 5.08. The Morgan fingerprint density at radius 3 is 2.40 bits per heavy atom. The number of anilines is 3. The summed E-state index contributed by atoms with van der Waals surface area (Å²) in [6.07, 6.45) is 1.59. The van der Waals surface area contributed by atoms with Crippen LogP contribution >= 0.6 is 0 Å². The van der Waals surface area contributed by atoms with Crippen molar-refractivity contribution in [3.05, 3.63) is 96.6 Å². The number of para-hydroxylation sites is 4. The van der Waals surface area contributed by atoms with Crippen LogP contribution in [0.3, 0.4) is 0 Å². The molecular formula is C27H29N3O5. The molecule has 3 aromatic carbocycles. The zero-order valence-electron chi connectivity index (χ0n) is 19.4. The zero-order valence-corrected chi connectivity index (χ0v) is 19.4. The lowest BCUT2D eigenvalue weighted by molar-refractivity contribution is -0.111. The quantitative estimate of drug-likeness (QED) is 0.248. The van der Waals surface area contributed by atoms with Crippen molar-refractivity contribution >= 4 is 29.1 Å². The molecule has 0 unspecified atom stereocenters. The van der Waals surface area contributed by atoms with Gasteiger partial charge in [-0.25, -0.2) is 4.79 Å². The minimum absolute atomic E-state index is 0.0884. The first-order valence-electron chi connectivity index (χ1n) is 11.2. The van der Waals surface area contributed by atoms with Gasteiger partial charge in [-0.05, 0) is 36.4 Å². The molecule has 3 rings (SSSR count). The van der Waals surface area contributed by atoms with Crippen LogP contribution in [-0.4, -0.2) is 30.3 Å². The number of carbonyl (C=O) groups is 2. The molecule has 3 aromatic rings. The molecule has 0 radical (unpaired) electrons. The number of nitrogen functional groups attached to an aromatic ring is 1. The van der Waals surface area contributed by atoms with E-state index in [2.05, 4.69) is 10.6 Å². The highest BCUT2D eigenvalue weighted by atomic mass is 16.6. The number of aliphatic hydroxyl groups excluding tert-OH is 1. The highest BCUT2D eigenvalue weighted by Crippen LogP contribution is 2.34. The molecule has 0 saturated carbocycles. The second-order valence-electron chi connectivity index (χ2n) is 7.72. The molecule has 2 atom stereocenters. The minimum atomic E-state index is -0.778. The van der Waals surface area contributed by atoms with E-state index in [1.807, 2.05) is 13.0 Å². The molecule has 2 amide bonds. The van der Waals surface area contributed by atoms with Crippen molar-refractivity contribution in [1.82, 2.24) is 0 Å². The van der Waals surface area contributed by atoms with Gasteiger partial charge in [0.05, 0.1) is 18.0 Å². The Hall–Kier alpha value is -4.30. The summed E-state index contributed by atoms with van der Waals surface area (Å²) in [6, 6.07) is 23.0. The normalized spacial score (nSPS) is 12.5. The second-order valence-corrected chi connectivity index (χ2v) is 7.72. The van der Waals surface area contributed by atoms with Crippen molar-refractivity contribution in [1.29, 1.82) is 0 Å². The molecule has 182 valence electrons. The average molecular weight is 476 g/mol. The molecule has 0 spiro atoms. The standard InChI is InChI=1S/C27H29N3O5/c1-19(15-16-25(32)30-23-13-7-6-12-22(23)28)26(21-11-5-8-14-24(21)34-18-17-31)35-27(33)29-20-9-3-2-4-10-20/h2-16,19,26,31H,17-18,28H2,1H3,(H,29,33)(H,30,32)/b16-15+/t19-,26-/m1/s1. The van der Waals surface area contributed by atoms with E-state index in [1.54, 1.807) is 78.9 Å². The van der Waals surface area contributed by atoms with Crippen LogP contribution in [0, 0.1) is 5.92 Å². The van der Waals surface area contributed by atoms with Crippen LogP contribution in [-0.2, 0) is 9.53 Å². The van der Waals surface area contributed by atoms with Gasteiger partial charge in [-0.15, -0.1) is 0 Å². The Bertz CT molecular complexity index is 1150. The van der Waals surface area contributed by atoms with Crippen LogP contribution in [0.25, 0.3) is 0 Å². The van der Waals surface area contributed by atoms with Crippen molar-refractivity contribution in [2.75, 3.05) is 29.6 Å². The average Bonchev–Trinajstić information content (AvgIpc) is 2.87. The smallest absolute Gasteiger partial charge is 0.412 e. The van der Waals surface area contributed by atoms with Gasteiger partial charge in [-0.1, -0.05) is 61.5 Å². The summed E-state index contributed by atoms with van der Waals surface area (Å²) in [5.74, 6) is -0.304. The maximum atomic E-state index is 12.7. The first-order valence-corrected chi connectivity index (χ1v) is 11.2. The van der Waals surface area contributed by atoms with Crippen molar-refractivity contribution in [3.63, 3.8) is 0 Å². The molecular weight excluding hydrogens is 446 g/mol. The minimum Gasteiger partial charge on any atom is -0.491 e. The SMILES string of the molecule is C[C@H](/C=C/C(=O)Nc1ccccc1N)[C@@H](OC(=O)Nc1ccccc1)c1ccccc1OCCO. The third-order valence-corrected chi connectivity index (χ3v) is 5.08. The van der Waals surface area contributed by atoms with E-state index >= 15 is 0 Å². The number of nitrogens with two attached hydrogens (primary N) is 1. The highest BCUT2D eigenvalue weighted by molar-refractivity contribution is 6.01. The summed E-state index contributed by atoms with van der Waals surface area (Å²) in [5.41, 5.74) is 8.04. The number of nitrogens with one attached hydrogen (secondary N) is 2. The van der Waals surface area contributed by atoms with Crippen LogP contribution in [0.2, 0.25) is 0 Å². The van der Waals surface area contributed by atoms with E-state index in [0.717, 1.165) is 0 Å². The van der Waals surface area contributed by atoms with E-state index in [-0.39, 0.29) is 19.1 Å². The van der Waals surface area contributed by atoms with Crippen LogP contribution in [0.4, 0.5) is 21.9 Å². The zero-order chi connectivity index (χ0) is 25.0. The summed E-state index contributed by atoms with van der Waals surface area (Å²) in [6.45, 7) is 1.75. The topological polar surface area (TPSA) is 123 Å². The lowest BCUT2D eigenvalue weighted by Crippen LogP contribution is -2.22. The van der Waals surface area contributed by atoms with Gasteiger partial charge in [0.2, 0.25) is 5.91 Å². The number of benzene rings is 3. The Morgan fingerprint density at radius 2 is 1.66 bits per heavy atom. The van der Waals surface area contributed by atoms with Gasteiger partial charge in [0.25, 0.3) is 0 Å². The molecule has 8 nitrogen and oxygen atoms in total. The number of hydrogen-bond acceptors (Lipinski definition) is 6. The lowest BCUT2D eigenvalue weighted by Gasteiger charge is -2.24. The van der Waals surface area contributed by atoms with Crippen LogP contribution in [0.15, 0.2) is 91.0 Å². The molecule has 0 saturated heterocycles. The number of hydrogen-bond donors (Lipinski definition) is 4. The van der Waals surface area contributed by atoms with Gasteiger partial charge >= 0.3 is 6.09 Å². The maximum Gasteiger partial charge on any atom is 0.412 e. The van der Waals surface area contributed by atoms with Crippen LogP contribution < -0.4 is 21.1 Å². The molecule has 0 aliphatic carbocycles. The molecule has 8 heteroatoms. The summed E-state index contributed by atoms with van der Waals surface area (Å²) >= 11 is 0. The molecule has 5 N–H and O–H groups in total. The van der Waals surface area contributed by atoms with Gasteiger partial charge in [-0.3, -0.25) is 10.1 Å². The largest absolute Gasteiger partial charge is 0.491 e. The number of carbonyl (C=O) groups excluding carboxylic acids is 2. The fourth-order valence-electron chi connectivity index (χ4n) is 3.37. The highest BCUT2D eigenvalue weighted by Gasteiger charge is 2.25. The van der Waals surface area contributed by atoms with E-state index in [4.69, 9.17) is 15.2 Å². The molecule has 0 heterocycles. The Labute approximate surface area is 204 Å². The second kappa shape index (κ2) is 12.8. The molecule has 0 fully saturated rings. The Kier molecular flexibility index (Phi) is 9.27. The molecule has 0 aliphatic heterocycles. The van der Waals surface area contributed by atoms with Crippen LogP contribution in [0.1, 0.15) is 18.6 Å². The number of amides is 2.